The van der Waals surface area contributed by atoms with Gasteiger partial charge in [0.05, 0.1) is 92.5 Å². The topological polar surface area (TPSA) is 90.9 Å². The van der Waals surface area contributed by atoms with Crippen molar-refractivity contribution in [3.63, 3.8) is 0 Å². The molecule has 0 heterocycles. The molecule has 168 valence electrons. The molecule has 0 aromatic carbocycles. The van der Waals surface area contributed by atoms with E-state index in [2.05, 4.69) is 0 Å². The van der Waals surface area contributed by atoms with Crippen LogP contribution in [0.25, 0.3) is 0 Å². The van der Waals surface area contributed by atoms with Crippen molar-refractivity contribution in [2.24, 2.45) is 0 Å². The predicted molar refractivity (Wildman–Crippen MR) is 98.3 cm³/mol. The number of hydrogen-bond acceptors (Lipinski definition) is 9. The molecule has 28 heavy (non-hydrogen) atoms. The molecule has 0 aliphatic heterocycles. The quantitative estimate of drug-likeness (QED) is 0.176. The Hall–Kier alpha value is -0.880. The molecule has 0 aliphatic rings. The summed E-state index contributed by atoms with van der Waals surface area (Å²) in [6.07, 6.45) is 0. The summed E-state index contributed by atoms with van der Waals surface area (Å²) >= 11 is 0. The van der Waals surface area contributed by atoms with E-state index in [1.165, 1.54) is 6.92 Å². The molecule has 0 fully saturated rings. The second kappa shape index (κ2) is 24.2. The van der Waals surface area contributed by atoms with Crippen LogP contribution in [0, 0.1) is 0 Å². The van der Waals surface area contributed by atoms with Crippen LogP contribution in [-0.4, -0.2) is 112 Å². The van der Waals surface area contributed by atoms with Gasteiger partial charge in [0.1, 0.15) is 13.3 Å². The average molecular weight is 414 g/mol. The SMILES string of the molecule is CC(=O)OCCOCCOCCOCCOCCOCCOCCOCCF. The maximum Gasteiger partial charge on any atom is 0.302 e. The number of halogens is 1. The van der Waals surface area contributed by atoms with Gasteiger partial charge in [0.15, 0.2) is 0 Å². The molecule has 0 spiro atoms. The fourth-order valence-electron chi connectivity index (χ4n) is 1.72. The van der Waals surface area contributed by atoms with Crippen LogP contribution in [-0.2, 0) is 42.7 Å². The standard InChI is InChI=1S/C18H35FO9/c1-18(20)28-17-16-27-15-14-26-13-12-25-11-10-24-9-8-23-7-6-22-5-4-21-3-2-19/h2-17H2,1H3. The van der Waals surface area contributed by atoms with Crippen LogP contribution >= 0.6 is 0 Å². The highest BCUT2D eigenvalue weighted by Crippen LogP contribution is 1.85. The van der Waals surface area contributed by atoms with E-state index in [0.717, 1.165) is 0 Å². The highest BCUT2D eigenvalue weighted by atomic mass is 19.1. The summed E-state index contributed by atoms with van der Waals surface area (Å²) < 4.78 is 53.2. The Labute approximate surface area is 166 Å². The maximum absolute atomic E-state index is 11.7. The number of rotatable bonds is 23. The van der Waals surface area contributed by atoms with E-state index < -0.39 is 6.67 Å². The van der Waals surface area contributed by atoms with Gasteiger partial charge in [0.2, 0.25) is 0 Å². The molecular formula is C18H35FO9. The molecule has 0 aromatic heterocycles. The summed E-state index contributed by atoms with van der Waals surface area (Å²) in [6, 6.07) is 0. The first kappa shape index (κ1) is 27.1. The zero-order valence-electron chi connectivity index (χ0n) is 16.9. The normalized spacial score (nSPS) is 11.1. The van der Waals surface area contributed by atoms with E-state index in [1.807, 2.05) is 0 Å². The number of alkyl halides is 1. The van der Waals surface area contributed by atoms with Crippen molar-refractivity contribution in [1.29, 1.82) is 0 Å². The molecule has 10 heteroatoms. The van der Waals surface area contributed by atoms with Crippen molar-refractivity contribution in [2.45, 2.75) is 6.92 Å². The number of carbonyl (C=O) groups is 1. The van der Waals surface area contributed by atoms with Crippen molar-refractivity contribution < 1.29 is 47.1 Å². The minimum absolute atomic E-state index is 0.114. The van der Waals surface area contributed by atoms with Gasteiger partial charge in [-0.25, -0.2) is 4.39 Å². The van der Waals surface area contributed by atoms with Crippen LogP contribution in [0.5, 0.6) is 0 Å². The molecule has 0 amide bonds. The third-order valence-corrected chi connectivity index (χ3v) is 2.99. The van der Waals surface area contributed by atoms with Crippen LogP contribution < -0.4 is 0 Å². The molecule has 0 bridgehead atoms. The summed E-state index contributed by atoms with van der Waals surface area (Å²) in [4.78, 5) is 10.5. The summed E-state index contributed by atoms with van der Waals surface area (Å²) in [5.74, 6) is -0.312. The van der Waals surface area contributed by atoms with Gasteiger partial charge in [-0.2, -0.15) is 0 Å². The molecule has 0 unspecified atom stereocenters. The van der Waals surface area contributed by atoms with Crippen LogP contribution in [0.1, 0.15) is 6.92 Å². The van der Waals surface area contributed by atoms with Gasteiger partial charge in [-0.3, -0.25) is 4.79 Å². The molecule has 0 saturated carbocycles. The highest BCUT2D eigenvalue weighted by Gasteiger charge is 1.95. The molecule has 9 nitrogen and oxygen atoms in total. The van der Waals surface area contributed by atoms with Crippen LogP contribution in [0.4, 0.5) is 4.39 Å². The summed E-state index contributed by atoms with van der Waals surface area (Å²) in [5.41, 5.74) is 0. The monoisotopic (exact) mass is 414 g/mol. The highest BCUT2D eigenvalue weighted by molar-refractivity contribution is 5.65. The van der Waals surface area contributed by atoms with Gasteiger partial charge in [-0.05, 0) is 0 Å². The van der Waals surface area contributed by atoms with Crippen LogP contribution in [0.2, 0.25) is 0 Å². The zero-order valence-corrected chi connectivity index (χ0v) is 16.9. The number of carbonyl (C=O) groups excluding carboxylic acids is 1. The Morgan fingerprint density at radius 1 is 0.500 bits per heavy atom. The van der Waals surface area contributed by atoms with E-state index in [4.69, 9.17) is 37.9 Å². The van der Waals surface area contributed by atoms with Gasteiger partial charge >= 0.3 is 5.97 Å². The lowest BCUT2D eigenvalue weighted by molar-refractivity contribution is -0.142. The molecule has 0 N–H and O–H groups in total. The zero-order chi connectivity index (χ0) is 20.5. The first-order valence-electron chi connectivity index (χ1n) is 9.51. The summed E-state index contributed by atoms with van der Waals surface area (Å²) in [5, 5.41) is 0. The van der Waals surface area contributed by atoms with E-state index in [0.29, 0.717) is 85.9 Å². The lowest BCUT2D eigenvalue weighted by Crippen LogP contribution is -2.15. The Bertz CT molecular complexity index is 321. The third kappa shape index (κ3) is 25.1. The molecule has 0 aliphatic carbocycles. The first-order chi connectivity index (χ1) is 13.8. The minimum Gasteiger partial charge on any atom is -0.463 e. The van der Waals surface area contributed by atoms with E-state index in [1.54, 1.807) is 0 Å². The van der Waals surface area contributed by atoms with E-state index >= 15 is 0 Å². The van der Waals surface area contributed by atoms with Gasteiger partial charge in [-0.1, -0.05) is 0 Å². The van der Waals surface area contributed by atoms with Gasteiger partial charge < -0.3 is 37.9 Å². The number of ether oxygens (including phenoxy) is 8. The van der Waals surface area contributed by atoms with Crippen molar-refractivity contribution in [1.82, 2.24) is 0 Å². The predicted octanol–water partition coefficient (Wildman–Crippen LogP) is 0.635. The number of hydrogen-bond donors (Lipinski definition) is 0. The molecule has 0 saturated heterocycles. The van der Waals surface area contributed by atoms with Gasteiger partial charge in [-0.15, -0.1) is 0 Å². The molecule has 0 atom stereocenters. The lowest BCUT2D eigenvalue weighted by Gasteiger charge is -2.08. The maximum atomic E-state index is 11.7. The minimum atomic E-state index is -0.474. The Balaban J connectivity index is 2.99. The Morgan fingerprint density at radius 2 is 0.750 bits per heavy atom. The van der Waals surface area contributed by atoms with Crippen LogP contribution in [0.3, 0.4) is 0 Å². The molecule has 0 aromatic rings. The van der Waals surface area contributed by atoms with Gasteiger partial charge in [0, 0.05) is 6.92 Å². The largest absolute Gasteiger partial charge is 0.463 e. The van der Waals surface area contributed by atoms with Crippen molar-refractivity contribution in [3.8, 4) is 0 Å². The second-order valence-electron chi connectivity index (χ2n) is 5.32. The molecule has 0 rings (SSSR count). The Morgan fingerprint density at radius 3 is 1.00 bits per heavy atom. The summed E-state index contributed by atoms with van der Waals surface area (Å²) in [7, 11) is 0. The van der Waals surface area contributed by atoms with Crippen molar-refractivity contribution in [3.05, 3.63) is 0 Å². The first-order valence-corrected chi connectivity index (χ1v) is 9.51. The fraction of sp³-hybridized carbons (Fsp3) is 0.944. The van der Waals surface area contributed by atoms with Crippen LogP contribution in [0.15, 0.2) is 0 Å². The average Bonchev–Trinajstić information content (AvgIpc) is 2.68. The van der Waals surface area contributed by atoms with Gasteiger partial charge in [0.25, 0.3) is 0 Å². The third-order valence-electron chi connectivity index (χ3n) is 2.99. The molecular weight excluding hydrogens is 379 g/mol. The van der Waals surface area contributed by atoms with E-state index in [-0.39, 0.29) is 19.2 Å². The van der Waals surface area contributed by atoms with E-state index in [9.17, 15) is 9.18 Å². The lowest BCUT2D eigenvalue weighted by atomic mass is 10.6. The fourth-order valence-corrected chi connectivity index (χ4v) is 1.72. The van der Waals surface area contributed by atoms with Crippen molar-refractivity contribution in [2.75, 3.05) is 106 Å². The summed E-state index contributed by atoms with van der Waals surface area (Å²) in [6.45, 7) is 7.24. The number of esters is 1. The Kier molecular flexibility index (Phi) is 23.4. The smallest absolute Gasteiger partial charge is 0.302 e. The second-order valence-corrected chi connectivity index (χ2v) is 5.32. The molecule has 0 radical (unpaired) electrons. The van der Waals surface area contributed by atoms with Crippen molar-refractivity contribution >= 4 is 5.97 Å².